The van der Waals surface area contributed by atoms with Crippen LogP contribution in [0.4, 0.5) is 0 Å². The first kappa shape index (κ1) is 30.0. The molecule has 2 rings (SSSR count). The van der Waals surface area contributed by atoms with Gasteiger partial charge in [0.1, 0.15) is 5.75 Å². The summed E-state index contributed by atoms with van der Waals surface area (Å²) >= 11 is 3.85. The third-order valence-electron chi connectivity index (χ3n) is 3.73. The van der Waals surface area contributed by atoms with Gasteiger partial charge in [-0.15, -0.1) is 0 Å². The molecule has 0 aromatic heterocycles. The molecule has 2 aromatic rings. The van der Waals surface area contributed by atoms with Crippen molar-refractivity contribution >= 4 is 30.5 Å². The number of carbonyl (C=O) groups excluding carboxylic acids is 3. The predicted octanol–water partition coefficient (Wildman–Crippen LogP) is 4.53. The maximum atomic E-state index is 11.2. The quantitative estimate of drug-likeness (QED) is 0.339. The van der Waals surface area contributed by atoms with Crippen LogP contribution < -0.4 is 4.74 Å². The molecule has 2 aromatic carbocycles. The number of carbonyl (C=O) groups is 3. The summed E-state index contributed by atoms with van der Waals surface area (Å²) in [6, 6.07) is 16.4. The van der Waals surface area contributed by atoms with Gasteiger partial charge in [-0.2, -0.15) is 12.6 Å². The molecule has 0 saturated carbocycles. The molecule has 0 aliphatic rings. The summed E-state index contributed by atoms with van der Waals surface area (Å²) < 4.78 is 19.2. The lowest BCUT2D eigenvalue weighted by Gasteiger charge is -2.02. The van der Waals surface area contributed by atoms with Crippen molar-refractivity contribution in [3.05, 3.63) is 65.7 Å². The van der Waals surface area contributed by atoms with Gasteiger partial charge in [-0.25, -0.2) is 4.79 Å². The molecule has 8 heteroatoms. The van der Waals surface area contributed by atoms with E-state index in [1.165, 1.54) is 0 Å². The fourth-order valence-corrected chi connectivity index (χ4v) is 2.25. The SMILES string of the molecule is CCOC(=O)C(C)S.CCOC(=O)Cc1ccccc1.CCOC(=O)c1ccc(OC)cc1. The molecular weight excluding hydrogens is 444 g/mol. The van der Waals surface area contributed by atoms with Crippen LogP contribution in [-0.4, -0.2) is 50.1 Å². The highest BCUT2D eigenvalue weighted by Crippen LogP contribution is 2.11. The summed E-state index contributed by atoms with van der Waals surface area (Å²) in [5.74, 6) is 0.0118. The van der Waals surface area contributed by atoms with Crippen molar-refractivity contribution in [2.45, 2.75) is 39.4 Å². The zero-order valence-corrected chi connectivity index (χ0v) is 20.8. The first-order chi connectivity index (χ1) is 15.8. The second kappa shape index (κ2) is 18.6. The van der Waals surface area contributed by atoms with Crippen LogP contribution in [0.15, 0.2) is 54.6 Å². The summed E-state index contributed by atoms with van der Waals surface area (Å²) in [6.07, 6.45) is 0.370. The highest BCUT2D eigenvalue weighted by Gasteiger charge is 2.06. The highest BCUT2D eigenvalue weighted by molar-refractivity contribution is 7.81. The molecule has 182 valence electrons. The van der Waals surface area contributed by atoms with Crippen molar-refractivity contribution in [2.75, 3.05) is 26.9 Å². The van der Waals surface area contributed by atoms with Crippen LogP contribution in [0.5, 0.6) is 5.75 Å². The largest absolute Gasteiger partial charge is 0.497 e. The van der Waals surface area contributed by atoms with Gasteiger partial charge in [-0.3, -0.25) is 9.59 Å². The lowest BCUT2D eigenvalue weighted by molar-refractivity contribution is -0.143. The van der Waals surface area contributed by atoms with E-state index < -0.39 is 0 Å². The van der Waals surface area contributed by atoms with Crippen molar-refractivity contribution in [2.24, 2.45) is 0 Å². The topological polar surface area (TPSA) is 88.1 Å². The van der Waals surface area contributed by atoms with Crippen molar-refractivity contribution in [1.29, 1.82) is 0 Å². The van der Waals surface area contributed by atoms with Gasteiger partial charge in [0.25, 0.3) is 0 Å². The molecule has 0 spiro atoms. The molecule has 0 N–H and O–H groups in total. The molecule has 0 radical (unpaired) electrons. The Morgan fingerprint density at radius 1 is 0.818 bits per heavy atom. The molecule has 0 heterocycles. The number of thiol groups is 1. The Hall–Kier alpha value is -3.00. The van der Waals surface area contributed by atoms with E-state index in [2.05, 4.69) is 17.4 Å². The number of methoxy groups -OCH3 is 1. The molecule has 33 heavy (non-hydrogen) atoms. The van der Waals surface area contributed by atoms with Crippen LogP contribution in [0.2, 0.25) is 0 Å². The molecular formula is C25H34O7S. The minimum Gasteiger partial charge on any atom is -0.497 e. The molecule has 0 aliphatic carbocycles. The molecule has 1 unspecified atom stereocenters. The second-order valence-corrected chi connectivity index (χ2v) is 7.12. The normalized spacial score (nSPS) is 10.2. The third-order valence-corrected chi connectivity index (χ3v) is 3.94. The average molecular weight is 479 g/mol. The van der Waals surface area contributed by atoms with Crippen LogP contribution in [0, 0.1) is 0 Å². The van der Waals surface area contributed by atoms with E-state index in [1.807, 2.05) is 37.3 Å². The number of rotatable bonds is 8. The van der Waals surface area contributed by atoms with Gasteiger partial charge in [0, 0.05) is 0 Å². The smallest absolute Gasteiger partial charge is 0.338 e. The lowest BCUT2D eigenvalue weighted by Crippen LogP contribution is -2.13. The van der Waals surface area contributed by atoms with Gasteiger partial charge in [0.15, 0.2) is 0 Å². The average Bonchev–Trinajstić information content (AvgIpc) is 2.81. The van der Waals surface area contributed by atoms with Crippen LogP contribution in [0.1, 0.15) is 43.6 Å². The number of hydrogen-bond acceptors (Lipinski definition) is 8. The maximum Gasteiger partial charge on any atom is 0.338 e. The van der Waals surface area contributed by atoms with Crippen LogP contribution in [0.25, 0.3) is 0 Å². The van der Waals surface area contributed by atoms with Gasteiger partial charge in [-0.1, -0.05) is 30.3 Å². The number of ether oxygens (including phenoxy) is 4. The zero-order chi connectivity index (χ0) is 25.1. The minimum absolute atomic E-state index is 0.163. The van der Waals surface area contributed by atoms with E-state index in [0.717, 1.165) is 11.3 Å². The minimum atomic E-state index is -0.301. The van der Waals surface area contributed by atoms with Gasteiger partial charge in [0.2, 0.25) is 0 Å². The Morgan fingerprint density at radius 2 is 1.36 bits per heavy atom. The molecule has 0 bridgehead atoms. The standard InChI is InChI=1S/C10H12O3.C10H12O2.C5H10O2S/c1-3-13-10(11)8-4-6-9(12-2)7-5-8;1-2-12-10(11)8-9-6-4-3-5-7-9;1-3-7-5(6)4(2)8/h4-7H,3H2,1-2H3;3-7H,2,8H2,1H3;4,8H,3H2,1-2H3. The monoisotopic (exact) mass is 478 g/mol. The Kier molecular flexibility index (Phi) is 16.9. The summed E-state index contributed by atoms with van der Waals surface area (Å²) in [4.78, 5) is 32.6. The van der Waals surface area contributed by atoms with Crippen LogP contribution in [0.3, 0.4) is 0 Å². The van der Waals surface area contributed by atoms with Crippen molar-refractivity contribution in [3.63, 3.8) is 0 Å². The highest BCUT2D eigenvalue weighted by atomic mass is 32.1. The van der Waals surface area contributed by atoms with Crippen LogP contribution in [-0.2, 0) is 30.2 Å². The molecule has 0 aliphatic heterocycles. The van der Waals surface area contributed by atoms with Crippen LogP contribution >= 0.6 is 12.6 Å². The Labute approximate surface area is 201 Å². The Bertz CT molecular complexity index is 805. The lowest BCUT2D eigenvalue weighted by atomic mass is 10.2. The van der Waals surface area contributed by atoms with Crippen molar-refractivity contribution in [1.82, 2.24) is 0 Å². The molecule has 7 nitrogen and oxygen atoms in total. The van der Waals surface area contributed by atoms with Gasteiger partial charge in [0.05, 0.1) is 44.2 Å². The number of hydrogen-bond donors (Lipinski definition) is 1. The van der Waals surface area contributed by atoms with Gasteiger partial charge >= 0.3 is 17.9 Å². The predicted molar refractivity (Wildman–Crippen MR) is 131 cm³/mol. The first-order valence-electron chi connectivity index (χ1n) is 10.6. The molecule has 0 fully saturated rings. The molecule has 0 amide bonds. The number of benzene rings is 2. The fraction of sp³-hybridized carbons (Fsp3) is 0.400. The summed E-state index contributed by atoms with van der Waals surface area (Å²) in [6.45, 7) is 8.32. The third kappa shape index (κ3) is 14.6. The fourth-order valence-electron chi connectivity index (χ4n) is 2.18. The Balaban J connectivity index is 0.000000480. The summed E-state index contributed by atoms with van der Waals surface area (Å²) in [7, 11) is 1.58. The second-order valence-electron chi connectivity index (χ2n) is 6.34. The summed E-state index contributed by atoms with van der Waals surface area (Å²) in [5, 5.41) is -0.296. The van der Waals surface area contributed by atoms with Gasteiger partial charge < -0.3 is 18.9 Å². The van der Waals surface area contributed by atoms with Crippen molar-refractivity contribution in [3.8, 4) is 5.75 Å². The molecule has 1 atom stereocenters. The summed E-state index contributed by atoms with van der Waals surface area (Å²) in [5.41, 5.74) is 1.54. The van der Waals surface area contributed by atoms with Crippen molar-refractivity contribution < 1.29 is 33.3 Å². The van der Waals surface area contributed by atoms with E-state index in [0.29, 0.717) is 31.8 Å². The van der Waals surface area contributed by atoms with E-state index >= 15 is 0 Å². The zero-order valence-electron chi connectivity index (χ0n) is 19.9. The molecule has 0 saturated heterocycles. The van der Waals surface area contributed by atoms with E-state index in [1.54, 1.807) is 52.1 Å². The van der Waals surface area contributed by atoms with Gasteiger partial charge in [-0.05, 0) is 57.5 Å². The van der Waals surface area contributed by atoms with E-state index in [-0.39, 0.29) is 23.2 Å². The van der Waals surface area contributed by atoms with E-state index in [9.17, 15) is 14.4 Å². The number of esters is 3. The first-order valence-corrected chi connectivity index (χ1v) is 11.2. The van der Waals surface area contributed by atoms with E-state index in [4.69, 9.17) is 14.2 Å². The maximum absolute atomic E-state index is 11.2. The Morgan fingerprint density at radius 3 is 1.79 bits per heavy atom.